The molecule has 0 saturated heterocycles. The van der Waals surface area contributed by atoms with Gasteiger partial charge in [0.2, 0.25) is 0 Å². The molecule has 23 heavy (non-hydrogen) atoms. The molecule has 0 fully saturated rings. The Morgan fingerprint density at radius 3 is 2.78 bits per heavy atom. The summed E-state index contributed by atoms with van der Waals surface area (Å²) in [6, 6.07) is 4.64. The van der Waals surface area contributed by atoms with Crippen LogP contribution in [0.25, 0.3) is 10.1 Å². The molecule has 0 unspecified atom stereocenters. The predicted molar refractivity (Wildman–Crippen MR) is 85.4 cm³/mol. The van der Waals surface area contributed by atoms with Gasteiger partial charge < -0.3 is 0 Å². The number of hydrogen-bond acceptors (Lipinski definition) is 5. The summed E-state index contributed by atoms with van der Waals surface area (Å²) < 4.78 is 6.31. The zero-order valence-corrected chi connectivity index (χ0v) is 14.4. The predicted octanol–water partition coefficient (Wildman–Crippen LogP) is 2.90. The number of hydrogen-bond donors (Lipinski definition) is 1. The van der Waals surface area contributed by atoms with E-state index in [4.69, 9.17) is 9.84 Å². The van der Waals surface area contributed by atoms with Crippen LogP contribution in [0.4, 0.5) is 5.69 Å². The molecule has 0 radical (unpaired) electrons. The molecule has 0 bridgehead atoms. The molecule has 7 nitrogen and oxygen atoms in total. The zero-order chi connectivity index (χ0) is 17.0. The van der Waals surface area contributed by atoms with Crippen molar-refractivity contribution in [1.82, 2.24) is 4.98 Å². The van der Waals surface area contributed by atoms with Gasteiger partial charge >= 0.3 is 138 Å². The fourth-order valence-corrected chi connectivity index (χ4v) is 3.85. The van der Waals surface area contributed by atoms with Gasteiger partial charge in [-0.05, 0) is 0 Å². The van der Waals surface area contributed by atoms with Crippen molar-refractivity contribution in [3.05, 3.63) is 38.4 Å². The first-order valence-corrected chi connectivity index (χ1v) is 8.77. The molecule has 122 valence electrons. The molecule has 1 N–H and O–H groups in total. The van der Waals surface area contributed by atoms with E-state index in [1.165, 1.54) is 6.07 Å². The van der Waals surface area contributed by atoms with E-state index in [0.717, 1.165) is 12.8 Å². The van der Waals surface area contributed by atoms with Gasteiger partial charge in [-0.1, -0.05) is 0 Å². The molecule has 0 aliphatic carbocycles. The number of nitro benzene ring substituents is 1. The molecule has 0 atom stereocenters. The standard InChI is InChI=1S/C15H16N2O5Se/c1-3-4-7-22-12-6-5-10(8-11(12)17(20)21)14-16-9(2)13(23-14)15(18)19/h5-6,8H,3-4,7H2,1-2H3,(H,18,19). The van der Waals surface area contributed by atoms with Crippen LogP contribution < -0.4 is 4.74 Å². The molecule has 0 aliphatic heterocycles. The van der Waals surface area contributed by atoms with Gasteiger partial charge in [0.15, 0.2) is 0 Å². The van der Waals surface area contributed by atoms with Crippen LogP contribution in [0.15, 0.2) is 18.2 Å². The van der Waals surface area contributed by atoms with E-state index >= 15 is 0 Å². The van der Waals surface area contributed by atoms with Crippen molar-refractivity contribution in [2.75, 3.05) is 6.61 Å². The minimum atomic E-state index is -0.990. The SMILES string of the molecule is CCCCOc1ccc(-c2nc(C)c(C(=O)O)[se]2)cc1[N+](=O)[O-]. The van der Waals surface area contributed by atoms with Gasteiger partial charge in [-0.15, -0.1) is 0 Å². The summed E-state index contributed by atoms with van der Waals surface area (Å²) in [5.41, 5.74) is 0.895. The van der Waals surface area contributed by atoms with Crippen molar-refractivity contribution in [3.63, 3.8) is 0 Å². The Bertz CT molecular complexity index is 741. The second-order valence-electron chi connectivity index (χ2n) is 4.88. The number of unbranched alkanes of at least 4 members (excludes halogenated alkanes) is 1. The van der Waals surface area contributed by atoms with Crippen molar-refractivity contribution in [2.24, 2.45) is 0 Å². The Morgan fingerprint density at radius 2 is 2.22 bits per heavy atom. The monoisotopic (exact) mass is 384 g/mol. The second-order valence-corrected chi connectivity index (χ2v) is 6.98. The first-order valence-electron chi connectivity index (χ1n) is 7.06. The van der Waals surface area contributed by atoms with Crippen LogP contribution in [0.2, 0.25) is 0 Å². The number of carboxylic acid groups (broad SMARTS) is 1. The summed E-state index contributed by atoms with van der Waals surface area (Å²) in [5, 5.41) is 20.4. The van der Waals surface area contributed by atoms with E-state index in [9.17, 15) is 14.9 Å². The molecule has 0 aliphatic rings. The molecule has 1 aromatic heterocycles. The molecule has 0 saturated carbocycles. The van der Waals surface area contributed by atoms with Crippen molar-refractivity contribution in [1.29, 1.82) is 0 Å². The number of benzene rings is 1. The van der Waals surface area contributed by atoms with Crippen molar-refractivity contribution < 1.29 is 19.6 Å². The molecule has 8 heteroatoms. The van der Waals surface area contributed by atoms with Gasteiger partial charge in [0.1, 0.15) is 0 Å². The van der Waals surface area contributed by atoms with Crippen molar-refractivity contribution >= 4 is 26.2 Å². The Kier molecular flexibility index (Phi) is 5.52. The number of nitro groups is 1. The zero-order valence-electron chi connectivity index (χ0n) is 12.7. The molecule has 2 aromatic rings. The molecule has 2 rings (SSSR count). The topological polar surface area (TPSA) is 103 Å². The third-order valence-electron chi connectivity index (χ3n) is 3.15. The van der Waals surface area contributed by atoms with Gasteiger partial charge in [0, 0.05) is 0 Å². The third-order valence-corrected chi connectivity index (χ3v) is 5.66. The molecule has 0 amide bonds. The summed E-state index contributed by atoms with van der Waals surface area (Å²) in [6.07, 6.45) is 1.76. The Labute approximate surface area is 138 Å². The van der Waals surface area contributed by atoms with Crippen LogP contribution in [-0.4, -0.2) is 42.1 Å². The van der Waals surface area contributed by atoms with Crippen LogP contribution in [0.3, 0.4) is 0 Å². The van der Waals surface area contributed by atoms with Gasteiger partial charge in [-0.2, -0.15) is 0 Å². The normalized spacial score (nSPS) is 10.5. The van der Waals surface area contributed by atoms with Gasteiger partial charge in [-0.25, -0.2) is 0 Å². The maximum atomic E-state index is 11.2. The van der Waals surface area contributed by atoms with Crippen LogP contribution in [0.1, 0.15) is 34.7 Å². The number of carbonyl (C=O) groups is 1. The van der Waals surface area contributed by atoms with Gasteiger partial charge in [0.25, 0.3) is 0 Å². The number of nitrogens with zero attached hydrogens (tertiary/aromatic N) is 2. The van der Waals surface area contributed by atoms with E-state index in [2.05, 4.69) is 4.98 Å². The van der Waals surface area contributed by atoms with Crippen LogP contribution >= 0.6 is 0 Å². The van der Waals surface area contributed by atoms with Crippen molar-refractivity contribution in [3.8, 4) is 15.9 Å². The molecule has 1 heterocycles. The summed E-state index contributed by atoms with van der Waals surface area (Å²) in [4.78, 5) is 26.1. The maximum absolute atomic E-state index is 11.2. The van der Waals surface area contributed by atoms with Crippen LogP contribution in [0, 0.1) is 17.0 Å². The summed E-state index contributed by atoms with van der Waals surface area (Å²) in [5.74, 6) is -0.767. The average molecular weight is 383 g/mol. The number of aromatic nitrogens is 1. The summed E-state index contributed by atoms with van der Waals surface area (Å²) >= 11 is -0.464. The molecule has 0 spiro atoms. The van der Waals surface area contributed by atoms with Crippen LogP contribution in [0.5, 0.6) is 5.75 Å². The van der Waals surface area contributed by atoms with E-state index < -0.39 is 25.4 Å². The second kappa shape index (κ2) is 7.39. The van der Waals surface area contributed by atoms with Gasteiger partial charge in [0.05, 0.1) is 0 Å². The fourth-order valence-electron chi connectivity index (χ4n) is 1.96. The minimum absolute atomic E-state index is 0.126. The van der Waals surface area contributed by atoms with E-state index in [1.807, 2.05) is 6.92 Å². The summed E-state index contributed by atoms with van der Waals surface area (Å²) in [6.45, 7) is 4.07. The summed E-state index contributed by atoms with van der Waals surface area (Å²) in [7, 11) is 0. The Morgan fingerprint density at radius 1 is 1.48 bits per heavy atom. The average Bonchev–Trinajstić information content (AvgIpc) is 2.89. The first-order chi connectivity index (χ1) is 10.9. The number of rotatable bonds is 7. The first kappa shape index (κ1) is 17.2. The van der Waals surface area contributed by atoms with E-state index in [0.29, 0.717) is 22.4 Å². The molecule has 1 aromatic carbocycles. The van der Waals surface area contributed by atoms with Crippen LogP contribution in [-0.2, 0) is 0 Å². The fraction of sp³-hybridized carbons (Fsp3) is 0.333. The Balaban J connectivity index is 2.37. The van der Waals surface area contributed by atoms with Crippen molar-refractivity contribution in [2.45, 2.75) is 26.7 Å². The number of aromatic carboxylic acids is 1. The Hall–Kier alpha value is -2.18. The number of aryl methyl sites for hydroxylation is 1. The number of ether oxygens (including phenoxy) is 1. The van der Waals surface area contributed by atoms with E-state index in [-0.39, 0.29) is 15.9 Å². The number of carboxylic acids is 1. The van der Waals surface area contributed by atoms with E-state index in [1.54, 1.807) is 19.1 Å². The molecular formula is C15H16N2O5Se. The molecular weight excluding hydrogens is 367 g/mol. The third kappa shape index (κ3) is 3.97. The quantitative estimate of drug-likeness (QED) is 0.341. The van der Waals surface area contributed by atoms with Gasteiger partial charge in [-0.3, -0.25) is 0 Å².